The van der Waals surface area contributed by atoms with Crippen LogP contribution in [0.2, 0.25) is 0 Å². The Bertz CT molecular complexity index is 3010. The predicted molar refractivity (Wildman–Crippen MR) is 248 cm³/mol. The van der Waals surface area contributed by atoms with Gasteiger partial charge in [0.05, 0.1) is 27.2 Å². The number of benzene rings is 5. The molecule has 2 unspecified atom stereocenters. The molecule has 4 heterocycles. The first kappa shape index (κ1) is 43.0. The van der Waals surface area contributed by atoms with E-state index in [1.54, 1.807) is 11.8 Å². The summed E-state index contributed by atoms with van der Waals surface area (Å²) in [6, 6.07) is 36.9. The second-order valence-corrected chi connectivity index (χ2v) is 18.1. The first-order valence-electron chi connectivity index (χ1n) is 21.0. The number of carbonyl (C=O) groups is 3. The molecule has 1 aliphatic heterocycles. The fourth-order valence-electron chi connectivity index (χ4n) is 7.80. The summed E-state index contributed by atoms with van der Waals surface area (Å²) in [7, 11) is 1.93. The molecule has 65 heavy (non-hydrogen) atoms. The van der Waals surface area contributed by atoms with Crippen LogP contribution in [0.15, 0.2) is 120 Å². The van der Waals surface area contributed by atoms with Gasteiger partial charge in [0, 0.05) is 36.5 Å². The predicted octanol–water partition coefficient (Wildman–Crippen LogP) is 9.43. The highest BCUT2D eigenvalue weighted by molar-refractivity contribution is 8.15. The number of rotatable bonds is 17. The molecule has 15 nitrogen and oxygen atoms in total. The lowest BCUT2D eigenvalue weighted by atomic mass is 9.98. The molecule has 1 fully saturated rings. The molecule has 0 bridgehead atoms. The maximum atomic E-state index is 12.9. The van der Waals surface area contributed by atoms with E-state index >= 15 is 0 Å². The highest BCUT2D eigenvalue weighted by atomic mass is 32.2. The number of nitrogens with one attached hydrogen (secondary N) is 2. The summed E-state index contributed by atoms with van der Waals surface area (Å²) < 4.78 is 16.1. The molecular formula is C48H43N9O6S2. The maximum Gasteiger partial charge on any atom is 0.354 e. The molecule has 3 aromatic heterocycles. The molecule has 3 N–H and O–H groups in total. The highest BCUT2D eigenvalue weighted by Crippen LogP contribution is 2.38. The van der Waals surface area contributed by atoms with Crippen LogP contribution in [0.3, 0.4) is 0 Å². The van der Waals surface area contributed by atoms with E-state index in [1.807, 2.05) is 138 Å². The van der Waals surface area contributed by atoms with Gasteiger partial charge in [-0.05, 0) is 95.8 Å². The van der Waals surface area contributed by atoms with Gasteiger partial charge in [-0.1, -0.05) is 79.3 Å². The number of H-pyrrole nitrogens is 1. The number of aromatic amines is 1. The Balaban J connectivity index is 0.842. The number of aromatic carboxylic acids is 1. The topological polar surface area (TPSA) is 192 Å². The van der Waals surface area contributed by atoms with Crippen molar-refractivity contribution in [2.45, 2.75) is 61.7 Å². The van der Waals surface area contributed by atoms with Crippen molar-refractivity contribution >= 4 is 51.7 Å². The van der Waals surface area contributed by atoms with Gasteiger partial charge in [-0.25, -0.2) is 14.8 Å². The zero-order valence-corrected chi connectivity index (χ0v) is 37.2. The summed E-state index contributed by atoms with van der Waals surface area (Å²) in [5.74, 6) is 2.69. The average molecular weight is 906 g/mol. The maximum absolute atomic E-state index is 12.9. The molecule has 0 aliphatic carbocycles. The molecule has 2 amide bonds. The second kappa shape index (κ2) is 18.8. The van der Waals surface area contributed by atoms with E-state index < -0.39 is 11.2 Å². The fraction of sp³-hybridized carbons (Fsp3) is 0.208. The molecule has 5 aromatic carbocycles. The summed E-state index contributed by atoms with van der Waals surface area (Å²) in [4.78, 5) is 47.1. The number of amides is 2. The third-order valence-corrected chi connectivity index (χ3v) is 13.2. The van der Waals surface area contributed by atoms with Crippen LogP contribution < -0.4 is 14.8 Å². The number of hydrogen-bond donors (Lipinski definition) is 3. The zero-order valence-electron chi connectivity index (χ0n) is 35.6. The van der Waals surface area contributed by atoms with Crippen LogP contribution in [0.1, 0.15) is 64.5 Å². The minimum atomic E-state index is -1.01. The minimum absolute atomic E-state index is 0.196. The molecular weight excluding hydrogens is 863 g/mol. The van der Waals surface area contributed by atoms with Crippen LogP contribution >= 0.6 is 23.5 Å². The number of carboxylic acid groups (broad SMARTS) is 1. The summed E-state index contributed by atoms with van der Waals surface area (Å²) in [5, 5.41) is 26.5. The van der Waals surface area contributed by atoms with Crippen molar-refractivity contribution in [1.82, 2.24) is 45.0 Å². The molecule has 0 spiro atoms. The van der Waals surface area contributed by atoms with Crippen LogP contribution in [0.25, 0.3) is 33.5 Å². The lowest BCUT2D eigenvalue weighted by Crippen LogP contribution is -2.25. The normalized spacial score (nSPS) is 14.2. The molecule has 8 aromatic rings. The van der Waals surface area contributed by atoms with Gasteiger partial charge in [-0.2, -0.15) is 5.21 Å². The first-order chi connectivity index (χ1) is 31.6. The minimum Gasteiger partial charge on any atom is -0.486 e. The van der Waals surface area contributed by atoms with Crippen LogP contribution in [-0.2, 0) is 37.8 Å². The van der Waals surface area contributed by atoms with E-state index in [4.69, 9.17) is 19.4 Å². The first-order valence-corrected chi connectivity index (χ1v) is 22.7. The number of carboxylic acids is 1. The number of hydrogen-bond acceptors (Lipinski definition) is 12. The van der Waals surface area contributed by atoms with Crippen molar-refractivity contribution in [1.29, 1.82) is 0 Å². The lowest BCUT2D eigenvalue weighted by Gasteiger charge is -2.13. The number of aromatic nitrogens is 8. The van der Waals surface area contributed by atoms with Gasteiger partial charge < -0.3 is 23.7 Å². The van der Waals surface area contributed by atoms with E-state index in [9.17, 15) is 19.5 Å². The van der Waals surface area contributed by atoms with Crippen LogP contribution in [0, 0.1) is 0 Å². The second-order valence-electron chi connectivity index (χ2n) is 15.5. The monoisotopic (exact) mass is 905 g/mol. The van der Waals surface area contributed by atoms with Crippen LogP contribution in [0.4, 0.5) is 4.79 Å². The highest BCUT2D eigenvalue weighted by Gasteiger charge is 2.31. The quantitative estimate of drug-likeness (QED) is 0.0733. The standard InChI is InChI=1S/C48H43N9O6S2/c1-4-7-41-50-43(44(47(59)60)57(41)26-30-10-14-31(15-11-30)36-8-5-6-9-37(36)45-52-54-55-53-45)28(2)64-35-21-18-33(19-22-35)63-34-20-23-38-39(25-34)56(3)42(49-38)27-62-32-16-12-29(13-17-32)24-40-46(58)51-48(61)65-40/h5-6,8-23,25,28,40H,4,7,24,26-27H2,1-3H3,(H,59,60)(H,51,58,61)(H,52,53,54,55). The molecule has 0 radical (unpaired) electrons. The van der Waals surface area contributed by atoms with Gasteiger partial charge in [-0.15, -0.1) is 22.0 Å². The molecule has 17 heteroatoms. The number of imidazole rings is 2. The number of thioether (sulfide) groups is 2. The average Bonchev–Trinajstić information content (AvgIpc) is 4.11. The van der Waals surface area contributed by atoms with Crippen LogP contribution in [0.5, 0.6) is 17.2 Å². The third-order valence-electron chi connectivity index (χ3n) is 11.1. The van der Waals surface area contributed by atoms with Gasteiger partial charge in [-0.3, -0.25) is 14.9 Å². The molecule has 1 aliphatic rings. The van der Waals surface area contributed by atoms with E-state index in [2.05, 4.69) is 32.9 Å². The Morgan fingerprint density at radius 3 is 2.29 bits per heavy atom. The van der Waals surface area contributed by atoms with Gasteiger partial charge in [0.25, 0.3) is 5.24 Å². The van der Waals surface area contributed by atoms with Crippen LogP contribution in [-0.4, -0.2) is 67.2 Å². The number of tetrazole rings is 1. The molecule has 1 saturated heterocycles. The summed E-state index contributed by atoms with van der Waals surface area (Å²) in [5.41, 5.74) is 7.12. The van der Waals surface area contributed by atoms with Gasteiger partial charge in [0.2, 0.25) is 11.7 Å². The Morgan fingerprint density at radius 2 is 1.60 bits per heavy atom. The molecule has 9 rings (SSSR count). The van der Waals surface area contributed by atoms with E-state index in [-0.39, 0.29) is 28.7 Å². The Morgan fingerprint density at radius 1 is 0.877 bits per heavy atom. The molecule has 328 valence electrons. The zero-order chi connectivity index (χ0) is 45.0. The Hall–Kier alpha value is -7.24. The van der Waals surface area contributed by atoms with E-state index in [0.29, 0.717) is 48.2 Å². The van der Waals surface area contributed by atoms with Crippen molar-refractivity contribution in [3.63, 3.8) is 0 Å². The molecule has 2 atom stereocenters. The number of aryl methyl sites for hydroxylation is 2. The number of fused-ring (bicyclic) bond motifs is 1. The third kappa shape index (κ3) is 9.51. The van der Waals surface area contributed by atoms with E-state index in [0.717, 1.165) is 73.6 Å². The van der Waals surface area contributed by atoms with Crippen molar-refractivity contribution in [3.8, 4) is 39.8 Å². The lowest BCUT2D eigenvalue weighted by molar-refractivity contribution is -0.118. The largest absolute Gasteiger partial charge is 0.486 e. The fourth-order valence-corrected chi connectivity index (χ4v) is 9.63. The van der Waals surface area contributed by atoms with Crippen molar-refractivity contribution < 1.29 is 29.0 Å². The number of ether oxygens (including phenoxy) is 2. The summed E-state index contributed by atoms with van der Waals surface area (Å²) >= 11 is 2.56. The van der Waals surface area contributed by atoms with Gasteiger partial charge in [0.1, 0.15) is 35.5 Å². The molecule has 0 saturated carbocycles. The van der Waals surface area contributed by atoms with Gasteiger partial charge in [0.15, 0.2) is 5.69 Å². The van der Waals surface area contributed by atoms with Crippen molar-refractivity contribution in [2.75, 3.05) is 0 Å². The van der Waals surface area contributed by atoms with E-state index in [1.165, 1.54) is 0 Å². The van der Waals surface area contributed by atoms with Crippen molar-refractivity contribution in [3.05, 3.63) is 149 Å². The summed E-state index contributed by atoms with van der Waals surface area (Å²) in [6.45, 7) is 4.67. The Labute approximate surface area is 382 Å². The Kier molecular flexibility index (Phi) is 12.5. The number of imide groups is 1. The smallest absolute Gasteiger partial charge is 0.354 e. The number of nitrogens with zero attached hydrogens (tertiary/aromatic N) is 7. The SMILES string of the molecule is CCCc1nc(C(C)Sc2ccc(Oc3ccc4nc(COc5ccc(CC6SC(=O)NC6=O)cc5)n(C)c4c3)cc2)c(C(=O)O)n1Cc1ccc(-c2ccccc2-c2nn[nH]n2)cc1. The van der Waals surface area contributed by atoms with Gasteiger partial charge >= 0.3 is 5.97 Å². The number of carbonyl (C=O) groups excluding carboxylic acids is 2. The summed E-state index contributed by atoms with van der Waals surface area (Å²) in [6.07, 6.45) is 1.92. The van der Waals surface area contributed by atoms with Crippen molar-refractivity contribution in [2.24, 2.45) is 7.05 Å².